The van der Waals surface area contributed by atoms with E-state index in [-0.39, 0.29) is 10.4 Å². The molecule has 0 radical (unpaired) electrons. The lowest BCUT2D eigenvalue weighted by Gasteiger charge is -2.26. The van der Waals surface area contributed by atoms with Crippen molar-refractivity contribution < 1.29 is 8.42 Å². The van der Waals surface area contributed by atoms with Gasteiger partial charge in [-0.1, -0.05) is 41.4 Å². The predicted molar refractivity (Wildman–Crippen MR) is 93.7 cm³/mol. The Bertz CT molecular complexity index is 840. The van der Waals surface area contributed by atoms with Gasteiger partial charge < -0.3 is 4.90 Å². The van der Waals surface area contributed by atoms with Crippen molar-refractivity contribution >= 4 is 38.9 Å². The molecule has 1 atom stereocenters. The van der Waals surface area contributed by atoms with Gasteiger partial charge in [-0.05, 0) is 41.8 Å². The van der Waals surface area contributed by atoms with E-state index in [0.29, 0.717) is 11.4 Å². The van der Waals surface area contributed by atoms with Crippen LogP contribution < -0.4 is 10.0 Å². The molecule has 2 aromatic rings. The molecular weight excluding hydrogens is 355 g/mol. The average Bonchev–Trinajstić information content (AvgIpc) is 2.92. The molecular formula is C16H16Cl2N2O2S. The molecule has 2 N–H and O–H groups in total. The number of hydrogen-bond donors (Lipinski definition) is 1. The SMILES string of the molecule is NS(=O)(=O)c1ccc2c(c1)CCN2C(Cl)Cc1ccccc1Cl. The van der Waals surface area contributed by atoms with Gasteiger partial charge in [-0.25, -0.2) is 13.6 Å². The van der Waals surface area contributed by atoms with Gasteiger partial charge in [0.15, 0.2) is 0 Å². The molecule has 0 amide bonds. The molecule has 0 spiro atoms. The largest absolute Gasteiger partial charge is 0.354 e. The molecule has 7 heteroatoms. The summed E-state index contributed by atoms with van der Waals surface area (Å²) in [5.74, 6) is 0. The van der Waals surface area contributed by atoms with Crippen LogP contribution in [0.5, 0.6) is 0 Å². The molecule has 23 heavy (non-hydrogen) atoms. The van der Waals surface area contributed by atoms with Crippen LogP contribution in [-0.2, 0) is 22.9 Å². The molecule has 0 saturated carbocycles. The first kappa shape index (κ1) is 16.6. The minimum atomic E-state index is -3.69. The van der Waals surface area contributed by atoms with Crippen LogP contribution in [0.3, 0.4) is 0 Å². The predicted octanol–water partition coefficient (Wildman–Crippen LogP) is 3.16. The normalized spacial score (nSPS) is 15.5. The number of benzene rings is 2. The highest BCUT2D eigenvalue weighted by molar-refractivity contribution is 7.89. The molecule has 4 nitrogen and oxygen atoms in total. The van der Waals surface area contributed by atoms with Crippen LogP contribution in [0.25, 0.3) is 0 Å². The maximum atomic E-state index is 11.5. The fraction of sp³-hybridized carbons (Fsp3) is 0.250. The van der Waals surface area contributed by atoms with E-state index < -0.39 is 10.0 Å². The van der Waals surface area contributed by atoms with Crippen molar-refractivity contribution in [3.63, 3.8) is 0 Å². The van der Waals surface area contributed by atoms with E-state index in [1.165, 1.54) is 6.07 Å². The molecule has 0 aromatic heterocycles. The van der Waals surface area contributed by atoms with Gasteiger partial charge in [-0.15, -0.1) is 0 Å². The topological polar surface area (TPSA) is 63.4 Å². The van der Waals surface area contributed by atoms with E-state index in [9.17, 15) is 8.42 Å². The smallest absolute Gasteiger partial charge is 0.238 e. The molecule has 1 unspecified atom stereocenters. The second-order valence-electron chi connectivity index (χ2n) is 5.51. The summed E-state index contributed by atoms with van der Waals surface area (Å²) in [6.07, 6.45) is 1.35. The summed E-state index contributed by atoms with van der Waals surface area (Å²) < 4.78 is 22.9. The summed E-state index contributed by atoms with van der Waals surface area (Å²) in [6.45, 7) is 0.738. The second kappa shape index (κ2) is 6.32. The molecule has 0 saturated heterocycles. The summed E-state index contributed by atoms with van der Waals surface area (Å²) in [6, 6.07) is 12.5. The zero-order chi connectivity index (χ0) is 16.6. The lowest BCUT2D eigenvalue weighted by Crippen LogP contribution is -2.31. The quantitative estimate of drug-likeness (QED) is 0.663. The lowest BCUT2D eigenvalue weighted by atomic mass is 10.1. The highest BCUT2D eigenvalue weighted by Crippen LogP contribution is 2.33. The Hall–Kier alpha value is -1.27. The van der Waals surface area contributed by atoms with Gasteiger partial charge >= 0.3 is 0 Å². The van der Waals surface area contributed by atoms with Crippen LogP contribution >= 0.6 is 23.2 Å². The summed E-state index contributed by atoms with van der Waals surface area (Å²) in [5, 5.41) is 5.88. The number of primary sulfonamides is 1. The van der Waals surface area contributed by atoms with Crippen molar-refractivity contribution in [3.05, 3.63) is 58.6 Å². The summed E-state index contributed by atoms with van der Waals surface area (Å²) in [5.41, 5.74) is 2.63. The number of nitrogens with zero attached hydrogens (tertiary/aromatic N) is 1. The van der Waals surface area contributed by atoms with Gasteiger partial charge in [0.25, 0.3) is 0 Å². The number of alkyl halides is 1. The van der Waals surface area contributed by atoms with E-state index in [1.807, 2.05) is 24.3 Å². The van der Waals surface area contributed by atoms with Gasteiger partial charge in [-0.3, -0.25) is 0 Å². The van der Waals surface area contributed by atoms with E-state index in [0.717, 1.165) is 29.8 Å². The Morgan fingerprint density at radius 1 is 1.22 bits per heavy atom. The molecule has 122 valence electrons. The molecule has 3 rings (SSSR count). The molecule has 1 heterocycles. The summed E-state index contributed by atoms with van der Waals surface area (Å²) >= 11 is 12.8. The van der Waals surface area contributed by atoms with E-state index >= 15 is 0 Å². The van der Waals surface area contributed by atoms with Crippen molar-refractivity contribution in [2.45, 2.75) is 23.2 Å². The van der Waals surface area contributed by atoms with Gasteiger partial charge in [0.05, 0.1) is 4.90 Å². The molecule has 0 fully saturated rings. The van der Waals surface area contributed by atoms with Crippen LogP contribution in [0.1, 0.15) is 11.1 Å². The Balaban J connectivity index is 1.84. The number of hydrogen-bond acceptors (Lipinski definition) is 3. The van der Waals surface area contributed by atoms with Crippen LogP contribution in [0.15, 0.2) is 47.4 Å². The minimum absolute atomic E-state index is 0.135. The number of sulfonamides is 1. The third kappa shape index (κ3) is 3.48. The van der Waals surface area contributed by atoms with Gasteiger partial charge in [0.1, 0.15) is 5.50 Å². The maximum Gasteiger partial charge on any atom is 0.238 e. The van der Waals surface area contributed by atoms with E-state index in [1.54, 1.807) is 12.1 Å². The zero-order valence-electron chi connectivity index (χ0n) is 12.2. The molecule has 0 bridgehead atoms. The summed E-state index contributed by atoms with van der Waals surface area (Å²) in [4.78, 5) is 2.20. The fourth-order valence-corrected chi connectivity index (χ4v) is 3.97. The third-order valence-corrected chi connectivity index (χ3v) is 5.66. The lowest BCUT2D eigenvalue weighted by molar-refractivity contribution is 0.597. The van der Waals surface area contributed by atoms with E-state index in [2.05, 4.69) is 4.90 Å². The van der Waals surface area contributed by atoms with Crippen LogP contribution in [0.4, 0.5) is 5.69 Å². The van der Waals surface area contributed by atoms with Gasteiger partial charge in [-0.2, -0.15) is 0 Å². The summed E-state index contributed by atoms with van der Waals surface area (Å²) in [7, 11) is -3.69. The van der Waals surface area contributed by atoms with Crippen LogP contribution in [0.2, 0.25) is 5.02 Å². The molecule has 1 aliphatic rings. The van der Waals surface area contributed by atoms with Crippen molar-refractivity contribution in [2.75, 3.05) is 11.4 Å². The van der Waals surface area contributed by atoms with Crippen molar-refractivity contribution in [1.29, 1.82) is 0 Å². The van der Waals surface area contributed by atoms with Crippen molar-refractivity contribution in [1.82, 2.24) is 0 Å². The number of rotatable bonds is 4. The minimum Gasteiger partial charge on any atom is -0.354 e. The third-order valence-electron chi connectivity index (χ3n) is 4.00. The second-order valence-corrected chi connectivity index (χ2v) is 7.98. The molecule has 0 aliphatic carbocycles. The first-order chi connectivity index (χ1) is 10.9. The first-order valence-corrected chi connectivity index (χ1v) is 9.52. The number of nitrogens with two attached hydrogens (primary N) is 1. The Kier molecular flexibility index (Phi) is 4.56. The number of halogens is 2. The van der Waals surface area contributed by atoms with E-state index in [4.69, 9.17) is 28.3 Å². The maximum absolute atomic E-state index is 11.5. The first-order valence-electron chi connectivity index (χ1n) is 7.16. The Morgan fingerprint density at radius 2 is 1.96 bits per heavy atom. The Morgan fingerprint density at radius 3 is 2.65 bits per heavy atom. The molecule has 1 aliphatic heterocycles. The highest BCUT2D eigenvalue weighted by Gasteiger charge is 2.26. The zero-order valence-corrected chi connectivity index (χ0v) is 14.6. The fourth-order valence-electron chi connectivity index (χ4n) is 2.83. The molecule has 2 aromatic carbocycles. The van der Waals surface area contributed by atoms with Crippen LogP contribution in [-0.4, -0.2) is 20.5 Å². The standard InChI is InChI=1S/C16H16Cl2N2O2S/c17-14-4-2-1-3-11(14)10-16(18)20-8-7-12-9-13(23(19,21)22)5-6-15(12)20/h1-6,9,16H,7-8,10H2,(H2,19,21,22). The highest BCUT2D eigenvalue weighted by atomic mass is 35.5. The number of anilines is 1. The van der Waals surface area contributed by atoms with Gasteiger partial charge in [0.2, 0.25) is 10.0 Å². The Labute approximate surface area is 145 Å². The number of fused-ring (bicyclic) bond motifs is 1. The van der Waals surface area contributed by atoms with Crippen LogP contribution in [0, 0.1) is 0 Å². The van der Waals surface area contributed by atoms with Gasteiger partial charge in [0, 0.05) is 23.7 Å². The van der Waals surface area contributed by atoms with Crippen molar-refractivity contribution in [3.8, 4) is 0 Å². The monoisotopic (exact) mass is 370 g/mol. The van der Waals surface area contributed by atoms with Crippen molar-refractivity contribution in [2.24, 2.45) is 5.14 Å². The average molecular weight is 371 g/mol.